The third-order valence-corrected chi connectivity index (χ3v) is 2.49. The van der Waals surface area contributed by atoms with Crippen LogP contribution in [0, 0.1) is 5.82 Å². The molecule has 1 N–H and O–H groups in total. The molecule has 0 saturated heterocycles. The number of hydrogen-bond donors (Lipinski definition) is 1. The van der Waals surface area contributed by atoms with E-state index in [1.807, 2.05) is 0 Å². The predicted molar refractivity (Wildman–Crippen MR) is 52.5 cm³/mol. The second-order valence-electron chi connectivity index (χ2n) is 2.85. The summed E-state index contributed by atoms with van der Waals surface area (Å²) in [4.78, 5) is 10.6. The fraction of sp³-hybridized carbons (Fsp3) is 0.222. The smallest absolute Gasteiger partial charge is 0.310 e. The van der Waals surface area contributed by atoms with Crippen molar-refractivity contribution in [3.8, 4) is 0 Å². The molecule has 5 heteroatoms. The predicted octanol–water partition coefficient (Wildman–Crippen LogP) is 3.32. The highest BCUT2D eigenvalue weighted by Gasteiger charge is 2.18. The Morgan fingerprint density at radius 3 is 2.50 bits per heavy atom. The molecule has 0 aliphatic heterocycles. The van der Waals surface area contributed by atoms with Crippen LogP contribution in [0.1, 0.15) is 18.4 Å². The zero-order valence-electron chi connectivity index (χ0n) is 7.22. The number of rotatable bonds is 2. The van der Waals surface area contributed by atoms with Gasteiger partial charge in [0, 0.05) is 5.02 Å². The molecule has 2 nitrogen and oxygen atoms in total. The molecule has 1 aromatic carbocycles. The summed E-state index contributed by atoms with van der Waals surface area (Å²) < 4.78 is 13.0. The van der Waals surface area contributed by atoms with E-state index in [0.717, 1.165) is 6.07 Å². The quantitative estimate of drug-likeness (QED) is 0.801. The van der Waals surface area contributed by atoms with Crippen LogP contribution in [-0.4, -0.2) is 11.1 Å². The van der Waals surface area contributed by atoms with Crippen molar-refractivity contribution in [2.24, 2.45) is 0 Å². The maximum Gasteiger partial charge on any atom is 0.310 e. The Labute approximate surface area is 90.3 Å². The maximum absolute atomic E-state index is 13.0. The van der Waals surface area contributed by atoms with Gasteiger partial charge in [-0.05, 0) is 24.6 Å². The van der Waals surface area contributed by atoms with Gasteiger partial charge in [0.05, 0.1) is 10.9 Å². The van der Waals surface area contributed by atoms with E-state index in [9.17, 15) is 9.18 Å². The molecule has 0 heterocycles. The Kier molecular flexibility index (Phi) is 3.34. The van der Waals surface area contributed by atoms with Crippen molar-refractivity contribution in [3.63, 3.8) is 0 Å². The van der Waals surface area contributed by atoms with Crippen LogP contribution in [0.2, 0.25) is 10.0 Å². The minimum atomic E-state index is -1.06. The molecule has 0 aliphatic carbocycles. The first kappa shape index (κ1) is 11.3. The van der Waals surface area contributed by atoms with Gasteiger partial charge in [-0.3, -0.25) is 4.79 Å². The largest absolute Gasteiger partial charge is 0.481 e. The Hall–Kier alpha value is -0.800. The lowest BCUT2D eigenvalue weighted by Gasteiger charge is -2.09. The average Bonchev–Trinajstić information content (AvgIpc) is 2.10. The number of carbonyl (C=O) groups is 1. The second-order valence-corrected chi connectivity index (χ2v) is 3.66. The number of carboxylic acid groups (broad SMARTS) is 1. The lowest BCUT2D eigenvalue weighted by Crippen LogP contribution is -2.08. The van der Waals surface area contributed by atoms with Crippen LogP contribution in [0.3, 0.4) is 0 Å². The third-order valence-electron chi connectivity index (χ3n) is 1.88. The zero-order chi connectivity index (χ0) is 10.9. The van der Waals surface area contributed by atoms with Crippen molar-refractivity contribution in [1.82, 2.24) is 0 Å². The number of carboxylic acids is 1. The van der Waals surface area contributed by atoms with Gasteiger partial charge in [-0.2, -0.15) is 0 Å². The first-order chi connectivity index (χ1) is 6.43. The molecule has 0 radical (unpaired) electrons. The van der Waals surface area contributed by atoms with E-state index in [-0.39, 0.29) is 15.6 Å². The van der Waals surface area contributed by atoms with Crippen molar-refractivity contribution in [3.05, 3.63) is 33.6 Å². The van der Waals surface area contributed by atoms with E-state index in [1.165, 1.54) is 13.0 Å². The lowest BCUT2D eigenvalue weighted by atomic mass is 10.0. The molecular formula is C9H7Cl2FO2. The SMILES string of the molecule is CC(C(=O)O)c1cc(F)c(Cl)cc1Cl. The van der Waals surface area contributed by atoms with E-state index in [1.54, 1.807) is 0 Å². The van der Waals surface area contributed by atoms with Crippen LogP contribution in [-0.2, 0) is 4.79 Å². The van der Waals surface area contributed by atoms with Crippen molar-refractivity contribution in [1.29, 1.82) is 0 Å². The molecule has 0 amide bonds. The van der Waals surface area contributed by atoms with Crippen LogP contribution in [0.5, 0.6) is 0 Å². The molecule has 0 spiro atoms. The van der Waals surface area contributed by atoms with E-state index in [2.05, 4.69) is 0 Å². The van der Waals surface area contributed by atoms with Crippen molar-refractivity contribution in [2.45, 2.75) is 12.8 Å². The van der Waals surface area contributed by atoms with Crippen LogP contribution in [0.4, 0.5) is 4.39 Å². The number of hydrogen-bond acceptors (Lipinski definition) is 1. The molecule has 76 valence electrons. The molecule has 0 aliphatic rings. The van der Waals surface area contributed by atoms with Crippen LogP contribution in [0.25, 0.3) is 0 Å². The summed E-state index contributed by atoms with van der Waals surface area (Å²) in [7, 11) is 0. The molecule has 1 unspecified atom stereocenters. The van der Waals surface area contributed by atoms with Gasteiger partial charge in [-0.15, -0.1) is 0 Å². The number of halogens is 3. The Bertz CT molecular complexity index is 379. The molecule has 0 saturated carbocycles. The fourth-order valence-corrected chi connectivity index (χ4v) is 1.55. The average molecular weight is 237 g/mol. The number of benzene rings is 1. The zero-order valence-corrected chi connectivity index (χ0v) is 8.73. The summed E-state index contributed by atoms with van der Waals surface area (Å²) in [6, 6.07) is 2.25. The van der Waals surface area contributed by atoms with Gasteiger partial charge in [-0.25, -0.2) is 4.39 Å². The molecule has 1 aromatic rings. The Balaban J connectivity index is 3.22. The molecule has 1 rings (SSSR count). The summed E-state index contributed by atoms with van der Waals surface area (Å²) >= 11 is 11.2. The lowest BCUT2D eigenvalue weighted by molar-refractivity contribution is -0.138. The van der Waals surface area contributed by atoms with Gasteiger partial charge in [0.15, 0.2) is 0 Å². The summed E-state index contributed by atoms with van der Waals surface area (Å²) in [5.41, 5.74) is 0.223. The normalized spacial score (nSPS) is 12.6. The second kappa shape index (κ2) is 4.15. The minimum Gasteiger partial charge on any atom is -0.481 e. The van der Waals surface area contributed by atoms with Gasteiger partial charge in [0.2, 0.25) is 0 Å². The third kappa shape index (κ3) is 2.16. The van der Waals surface area contributed by atoms with Gasteiger partial charge < -0.3 is 5.11 Å². The van der Waals surface area contributed by atoms with Gasteiger partial charge in [-0.1, -0.05) is 23.2 Å². The molecule has 0 aromatic heterocycles. The van der Waals surface area contributed by atoms with E-state index < -0.39 is 17.7 Å². The molecule has 0 fully saturated rings. The van der Waals surface area contributed by atoms with E-state index in [0.29, 0.717) is 0 Å². The standard InChI is InChI=1S/C9H7Cl2FO2/c1-4(9(13)14)5-2-8(12)7(11)3-6(5)10/h2-4H,1H3,(H,13,14). The van der Waals surface area contributed by atoms with Crippen LogP contribution in [0.15, 0.2) is 12.1 Å². The Morgan fingerprint density at radius 2 is 2.00 bits per heavy atom. The maximum atomic E-state index is 13.0. The van der Waals surface area contributed by atoms with Crippen molar-refractivity contribution >= 4 is 29.2 Å². The summed E-state index contributed by atoms with van der Waals surface area (Å²) in [6.45, 7) is 1.43. The van der Waals surface area contributed by atoms with E-state index >= 15 is 0 Å². The molecule has 1 atom stereocenters. The summed E-state index contributed by atoms with van der Waals surface area (Å²) in [5.74, 6) is -2.58. The monoisotopic (exact) mass is 236 g/mol. The Morgan fingerprint density at radius 1 is 1.43 bits per heavy atom. The first-order valence-corrected chi connectivity index (χ1v) is 4.56. The van der Waals surface area contributed by atoms with Gasteiger partial charge in [0.1, 0.15) is 5.82 Å². The highest BCUT2D eigenvalue weighted by molar-refractivity contribution is 6.35. The van der Waals surface area contributed by atoms with Crippen LogP contribution < -0.4 is 0 Å². The minimum absolute atomic E-state index is 0.115. The summed E-state index contributed by atoms with van der Waals surface area (Å²) in [6.07, 6.45) is 0. The number of aliphatic carboxylic acids is 1. The first-order valence-electron chi connectivity index (χ1n) is 3.80. The highest BCUT2D eigenvalue weighted by Crippen LogP contribution is 2.29. The molecular weight excluding hydrogens is 230 g/mol. The topological polar surface area (TPSA) is 37.3 Å². The fourth-order valence-electron chi connectivity index (χ4n) is 1.00. The molecule has 14 heavy (non-hydrogen) atoms. The molecule has 0 bridgehead atoms. The highest BCUT2D eigenvalue weighted by atomic mass is 35.5. The van der Waals surface area contributed by atoms with Gasteiger partial charge >= 0.3 is 5.97 Å². The van der Waals surface area contributed by atoms with Crippen molar-refractivity contribution in [2.75, 3.05) is 0 Å². The van der Waals surface area contributed by atoms with Crippen molar-refractivity contribution < 1.29 is 14.3 Å². The van der Waals surface area contributed by atoms with E-state index in [4.69, 9.17) is 28.3 Å². The van der Waals surface area contributed by atoms with Crippen LogP contribution >= 0.6 is 23.2 Å². The van der Waals surface area contributed by atoms with Gasteiger partial charge in [0.25, 0.3) is 0 Å². The summed E-state index contributed by atoms with van der Waals surface area (Å²) in [5, 5.41) is 8.75.